The number of aryl methyl sites for hydroxylation is 1. The molecule has 0 radical (unpaired) electrons. The van der Waals surface area contributed by atoms with E-state index < -0.39 is 6.08 Å². The van der Waals surface area contributed by atoms with Crippen LogP contribution in [0.2, 0.25) is 0 Å². The van der Waals surface area contributed by atoms with Crippen LogP contribution in [0.15, 0.2) is 93.0 Å². The highest BCUT2D eigenvalue weighted by Crippen LogP contribution is 2.49. The lowest BCUT2D eigenvalue weighted by Crippen LogP contribution is -2.42. The van der Waals surface area contributed by atoms with Crippen LogP contribution in [0.3, 0.4) is 0 Å². The molecular weight excluding hydrogens is 576 g/mol. The van der Waals surface area contributed by atoms with Gasteiger partial charge in [-0.15, -0.1) is 11.3 Å². The smallest absolute Gasteiger partial charge is 0.332 e. The fourth-order valence-electron chi connectivity index (χ4n) is 5.86. The Morgan fingerprint density at radius 1 is 0.977 bits per heavy atom. The van der Waals surface area contributed by atoms with Crippen molar-refractivity contribution >= 4 is 21.6 Å². The van der Waals surface area contributed by atoms with Crippen molar-refractivity contribution in [3.05, 3.63) is 116 Å². The van der Waals surface area contributed by atoms with Crippen molar-refractivity contribution in [2.45, 2.75) is 44.7 Å². The molecule has 1 aliphatic rings. The Kier molecular flexibility index (Phi) is 6.93. The van der Waals surface area contributed by atoms with E-state index in [1.807, 2.05) is 78.9 Å². The van der Waals surface area contributed by atoms with E-state index in [1.54, 1.807) is 11.7 Å². The topological polar surface area (TPSA) is 115 Å². The predicted octanol–water partition coefficient (Wildman–Crippen LogP) is 5.37. The molecule has 6 aromatic rings. The Morgan fingerprint density at radius 2 is 1.70 bits per heavy atom. The first-order valence-corrected chi connectivity index (χ1v) is 15.3. The van der Waals surface area contributed by atoms with Gasteiger partial charge in [0.05, 0.1) is 19.0 Å². The summed E-state index contributed by atoms with van der Waals surface area (Å²) in [5.74, 6) is 1.01. The van der Waals surface area contributed by atoms with Gasteiger partial charge in [0.2, 0.25) is 0 Å². The maximum atomic E-state index is 14.1. The summed E-state index contributed by atoms with van der Waals surface area (Å²) >= 11 is 1.50. The summed E-state index contributed by atoms with van der Waals surface area (Å²) in [5, 5.41) is 15.9. The molecular formula is C34H29N4O5S-. The Bertz CT molecular complexity index is 2100. The summed E-state index contributed by atoms with van der Waals surface area (Å²) in [5.41, 5.74) is 3.70. The highest BCUT2D eigenvalue weighted by Gasteiger charge is 2.45. The van der Waals surface area contributed by atoms with Crippen molar-refractivity contribution in [3.63, 3.8) is 0 Å². The molecule has 0 N–H and O–H groups in total. The van der Waals surface area contributed by atoms with Gasteiger partial charge in [-0.05, 0) is 59.7 Å². The largest absolute Gasteiger partial charge is 0.528 e. The van der Waals surface area contributed by atoms with Gasteiger partial charge in [-0.1, -0.05) is 67.6 Å². The molecule has 222 valence electrons. The number of fused-ring (bicyclic) bond motifs is 1. The second-order valence-corrected chi connectivity index (χ2v) is 12.3. The van der Waals surface area contributed by atoms with Gasteiger partial charge < -0.3 is 14.4 Å². The molecule has 10 heteroatoms. The summed E-state index contributed by atoms with van der Waals surface area (Å²) in [6, 6.07) is 25.3. The fraction of sp³-hybridized carbons (Fsp3) is 0.235. The summed E-state index contributed by atoms with van der Waals surface area (Å²) in [7, 11) is 1.64. The van der Waals surface area contributed by atoms with Crippen LogP contribution in [0.5, 0.6) is 11.8 Å². The summed E-state index contributed by atoms with van der Waals surface area (Å²) < 4.78 is 13.2. The van der Waals surface area contributed by atoms with Gasteiger partial charge in [0, 0.05) is 22.4 Å². The van der Waals surface area contributed by atoms with E-state index in [4.69, 9.17) is 4.74 Å². The summed E-state index contributed by atoms with van der Waals surface area (Å²) in [4.78, 5) is 33.5. The van der Waals surface area contributed by atoms with E-state index >= 15 is 0 Å². The molecule has 1 aliphatic carbocycles. The lowest BCUT2D eigenvalue weighted by Gasteiger charge is -2.19. The molecule has 3 aromatic heterocycles. The van der Waals surface area contributed by atoms with Gasteiger partial charge in [-0.25, -0.2) is 9.78 Å². The molecule has 3 heterocycles. The maximum absolute atomic E-state index is 14.1. The van der Waals surface area contributed by atoms with Crippen LogP contribution in [0.1, 0.15) is 35.8 Å². The molecule has 0 bridgehead atoms. The van der Waals surface area contributed by atoms with Crippen LogP contribution in [-0.4, -0.2) is 26.4 Å². The van der Waals surface area contributed by atoms with E-state index in [0.717, 1.165) is 52.1 Å². The predicted molar refractivity (Wildman–Crippen MR) is 167 cm³/mol. The number of thiophene rings is 1. The summed E-state index contributed by atoms with van der Waals surface area (Å²) in [6.07, 6.45) is 1.87. The van der Waals surface area contributed by atoms with Gasteiger partial charge in [0.1, 0.15) is 10.6 Å². The van der Waals surface area contributed by atoms with E-state index in [9.17, 15) is 14.7 Å². The normalized spacial score (nSPS) is 13.8. The first kappa shape index (κ1) is 27.8. The molecule has 0 amide bonds. The van der Waals surface area contributed by atoms with Crippen LogP contribution < -0.4 is 21.1 Å². The van der Waals surface area contributed by atoms with Crippen LogP contribution in [0.25, 0.3) is 32.7 Å². The van der Waals surface area contributed by atoms with Gasteiger partial charge in [-0.2, -0.15) is 5.16 Å². The minimum atomic E-state index is -0.736. The highest BCUT2D eigenvalue weighted by atomic mass is 32.1. The molecule has 7 rings (SSSR count). The van der Waals surface area contributed by atoms with Crippen LogP contribution in [0, 0.1) is 0 Å². The Morgan fingerprint density at radius 3 is 2.34 bits per heavy atom. The van der Waals surface area contributed by atoms with E-state index in [-0.39, 0.29) is 22.5 Å². The number of hydrogen-bond acceptors (Lipinski definition) is 8. The molecule has 0 saturated heterocycles. The Labute approximate surface area is 256 Å². The minimum Gasteiger partial charge on any atom is -0.528 e. The summed E-state index contributed by atoms with van der Waals surface area (Å²) in [6.45, 7) is 2.71. The SMILES string of the molecule is CCc1cc2c(=O)n(CC3(c4ccc(OC)cc4)CC3)c(=O)n(Cc3ccc(-c4ccccc4-c4noc([O-])n4)cc3)c2s1. The number of aromatic nitrogens is 4. The van der Waals surface area contributed by atoms with Crippen molar-refractivity contribution in [1.29, 1.82) is 0 Å². The zero-order valence-electron chi connectivity index (χ0n) is 24.3. The van der Waals surface area contributed by atoms with Crippen molar-refractivity contribution in [1.82, 2.24) is 19.3 Å². The van der Waals surface area contributed by atoms with Crippen LogP contribution in [-0.2, 0) is 24.9 Å². The van der Waals surface area contributed by atoms with Gasteiger partial charge in [0.15, 0.2) is 11.9 Å². The highest BCUT2D eigenvalue weighted by molar-refractivity contribution is 7.18. The molecule has 0 atom stereocenters. The zero-order chi connectivity index (χ0) is 30.4. The first-order chi connectivity index (χ1) is 21.4. The molecule has 3 aromatic carbocycles. The van der Waals surface area contributed by atoms with Crippen molar-refractivity contribution in [2.75, 3.05) is 7.11 Å². The fourth-order valence-corrected chi connectivity index (χ4v) is 6.94. The van der Waals surface area contributed by atoms with Gasteiger partial charge in [0.25, 0.3) is 5.56 Å². The standard InChI is InChI=1S/C34H30N4O5S/c1-3-25-18-28-30(39)38(20-34(16-17-34)23-12-14-24(42-2)15-13-23)33(41)37(31(28)44-25)19-21-8-10-22(11-9-21)26-6-4-5-7-27(26)29-35-32(40)43-36-29/h4-15,18H,3,16-17,19-20H2,1-2H3,(H,35,36,40)/p-1. The monoisotopic (exact) mass is 605 g/mol. The Hall–Kier alpha value is -4.96. The van der Waals surface area contributed by atoms with E-state index in [1.165, 1.54) is 15.9 Å². The second kappa shape index (κ2) is 10.9. The Balaban J connectivity index is 1.25. The average molecular weight is 606 g/mol. The molecule has 1 saturated carbocycles. The maximum Gasteiger partial charge on any atom is 0.332 e. The molecule has 9 nitrogen and oxygen atoms in total. The first-order valence-electron chi connectivity index (χ1n) is 14.5. The number of rotatable bonds is 9. The molecule has 0 spiro atoms. The third-order valence-electron chi connectivity index (χ3n) is 8.49. The quantitative estimate of drug-likeness (QED) is 0.218. The minimum absolute atomic E-state index is 0.230. The lowest BCUT2D eigenvalue weighted by atomic mass is 9.95. The molecule has 44 heavy (non-hydrogen) atoms. The number of benzene rings is 3. The van der Waals surface area contributed by atoms with Gasteiger partial charge in [-0.3, -0.25) is 13.9 Å². The zero-order valence-corrected chi connectivity index (χ0v) is 25.1. The van der Waals surface area contributed by atoms with Crippen molar-refractivity contribution < 1.29 is 14.4 Å². The number of nitrogens with zero attached hydrogens (tertiary/aromatic N) is 4. The van der Waals surface area contributed by atoms with Crippen molar-refractivity contribution in [3.8, 4) is 34.3 Å². The van der Waals surface area contributed by atoms with Crippen molar-refractivity contribution in [2.24, 2.45) is 0 Å². The third-order valence-corrected chi connectivity index (χ3v) is 9.79. The molecule has 0 aliphatic heterocycles. The number of hydrogen-bond donors (Lipinski definition) is 0. The number of methoxy groups -OCH3 is 1. The molecule has 1 fully saturated rings. The van der Waals surface area contributed by atoms with E-state index in [0.29, 0.717) is 28.9 Å². The third kappa shape index (κ3) is 4.90. The second-order valence-electron chi connectivity index (χ2n) is 11.2. The van der Waals surface area contributed by atoms with Gasteiger partial charge >= 0.3 is 5.69 Å². The number of ether oxygens (including phenoxy) is 1. The van der Waals surface area contributed by atoms with Crippen LogP contribution >= 0.6 is 11.3 Å². The average Bonchev–Trinajstić information content (AvgIpc) is 3.50. The van der Waals surface area contributed by atoms with Crippen LogP contribution in [0.4, 0.5) is 0 Å². The molecule has 0 unspecified atom stereocenters. The lowest BCUT2D eigenvalue weighted by molar-refractivity contribution is -0.303. The van der Waals surface area contributed by atoms with E-state index in [2.05, 4.69) is 21.6 Å².